The topological polar surface area (TPSA) is 38.8 Å². The van der Waals surface area contributed by atoms with Gasteiger partial charge in [0.15, 0.2) is 4.54 Å². The van der Waals surface area contributed by atoms with E-state index < -0.39 is 0 Å². The van der Waals surface area contributed by atoms with E-state index in [1.165, 1.54) is 18.2 Å². The standard InChI is InChI=1S/C12H8FN2O/c13-8-5-6-12-10(7-8)9-3-1-2-4-11(9)14-15(12)16/h1-7H,(H,14,16)/q+1. The van der Waals surface area contributed by atoms with Crippen molar-refractivity contribution in [3.8, 4) is 0 Å². The first-order chi connectivity index (χ1) is 7.75. The Balaban J connectivity index is 2.67. The number of hydrogen-bond donors (Lipinski definition) is 1. The Morgan fingerprint density at radius 2 is 1.88 bits per heavy atom. The van der Waals surface area contributed by atoms with E-state index in [-0.39, 0.29) is 5.82 Å². The number of nitrogens with one attached hydrogen (secondary N) is 1. The first-order valence-electron chi connectivity index (χ1n) is 4.88. The first-order valence-corrected chi connectivity index (χ1v) is 4.88. The van der Waals surface area contributed by atoms with Gasteiger partial charge in [-0.3, -0.25) is 0 Å². The Hall–Kier alpha value is -2.23. The van der Waals surface area contributed by atoms with Crippen molar-refractivity contribution < 1.29 is 8.93 Å². The molecule has 3 aromatic rings. The normalized spacial score (nSPS) is 11.1. The highest BCUT2D eigenvalue weighted by molar-refractivity contribution is 6.01. The molecule has 4 heteroatoms. The SMILES string of the molecule is O=[n+]1[nH]c2ccccc2c2cc(F)ccc21. The zero-order chi connectivity index (χ0) is 11.1. The number of fused-ring (bicyclic) bond motifs is 3. The van der Waals surface area contributed by atoms with Crippen molar-refractivity contribution in [3.05, 3.63) is 53.2 Å². The third-order valence-corrected chi connectivity index (χ3v) is 2.62. The van der Waals surface area contributed by atoms with Gasteiger partial charge in [0.25, 0.3) is 5.52 Å². The molecule has 0 aliphatic carbocycles. The molecule has 1 heterocycles. The smallest absolute Gasteiger partial charge is 0.207 e. The van der Waals surface area contributed by atoms with Crippen LogP contribution >= 0.6 is 0 Å². The average molecular weight is 215 g/mol. The van der Waals surface area contributed by atoms with Crippen LogP contribution in [0.3, 0.4) is 0 Å². The van der Waals surface area contributed by atoms with Gasteiger partial charge in [-0.05, 0) is 18.2 Å². The van der Waals surface area contributed by atoms with Gasteiger partial charge in [0, 0.05) is 11.5 Å². The zero-order valence-corrected chi connectivity index (χ0v) is 8.27. The van der Waals surface area contributed by atoms with Gasteiger partial charge in [-0.1, -0.05) is 18.2 Å². The van der Waals surface area contributed by atoms with Crippen LogP contribution in [0.4, 0.5) is 4.39 Å². The summed E-state index contributed by atoms with van der Waals surface area (Å²) < 4.78 is 13.8. The molecule has 78 valence electrons. The minimum atomic E-state index is -0.344. The number of aromatic nitrogens is 2. The van der Waals surface area contributed by atoms with Gasteiger partial charge in [0.1, 0.15) is 11.3 Å². The molecule has 0 atom stereocenters. The number of rotatable bonds is 0. The molecule has 0 bridgehead atoms. The third-order valence-electron chi connectivity index (χ3n) is 2.62. The molecule has 0 unspecified atom stereocenters. The maximum absolute atomic E-state index is 13.2. The fourth-order valence-electron chi connectivity index (χ4n) is 1.89. The molecule has 0 saturated carbocycles. The number of H-pyrrole nitrogens is 1. The lowest BCUT2D eigenvalue weighted by Gasteiger charge is -1.96. The van der Waals surface area contributed by atoms with E-state index in [0.717, 1.165) is 5.39 Å². The van der Waals surface area contributed by atoms with E-state index >= 15 is 0 Å². The summed E-state index contributed by atoms with van der Waals surface area (Å²) in [5, 5.41) is 4.14. The number of aromatic amines is 1. The molecule has 1 N–H and O–H groups in total. The largest absolute Gasteiger partial charge is 0.300 e. The highest BCUT2D eigenvalue weighted by Crippen LogP contribution is 2.20. The predicted molar refractivity (Wildman–Crippen MR) is 59.1 cm³/mol. The summed E-state index contributed by atoms with van der Waals surface area (Å²) >= 11 is 0. The van der Waals surface area contributed by atoms with Gasteiger partial charge >= 0.3 is 0 Å². The third kappa shape index (κ3) is 1.20. The van der Waals surface area contributed by atoms with Crippen molar-refractivity contribution in [2.45, 2.75) is 0 Å². The Morgan fingerprint density at radius 3 is 2.75 bits per heavy atom. The van der Waals surface area contributed by atoms with Crippen LogP contribution in [0.2, 0.25) is 0 Å². The van der Waals surface area contributed by atoms with Crippen molar-refractivity contribution in [3.63, 3.8) is 0 Å². The number of halogens is 1. The molecular formula is C12H8FN2O+. The van der Waals surface area contributed by atoms with Crippen LogP contribution < -0.4 is 4.54 Å². The first kappa shape index (κ1) is 9.03. The molecule has 0 spiro atoms. The van der Waals surface area contributed by atoms with E-state index in [4.69, 9.17) is 0 Å². The van der Waals surface area contributed by atoms with Crippen LogP contribution in [0.15, 0.2) is 42.5 Å². The summed E-state index contributed by atoms with van der Waals surface area (Å²) in [7, 11) is 0. The second-order valence-corrected chi connectivity index (χ2v) is 3.61. The minimum Gasteiger partial charge on any atom is -0.207 e. The average Bonchev–Trinajstić information content (AvgIpc) is 2.29. The maximum atomic E-state index is 13.2. The molecule has 0 fully saturated rings. The molecule has 1 aromatic heterocycles. The summed E-state index contributed by atoms with van der Waals surface area (Å²) in [6, 6.07) is 11.4. The summed E-state index contributed by atoms with van der Waals surface area (Å²) in [4.78, 5) is 11.6. The van der Waals surface area contributed by atoms with E-state index in [9.17, 15) is 9.30 Å². The van der Waals surface area contributed by atoms with Gasteiger partial charge in [-0.15, -0.1) is 5.10 Å². The van der Waals surface area contributed by atoms with Crippen LogP contribution in [-0.4, -0.2) is 5.10 Å². The van der Waals surface area contributed by atoms with Crippen molar-refractivity contribution in [1.82, 2.24) is 5.10 Å². The molecule has 0 aliphatic rings. The fourth-order valence-corrected chi connectivity index (χ4v) is 1.89. The van der Waals surface area contributed by atoms with E-state index in [2.05, 4.69) is 5.10 Å². The van der Waals surface area contributed by atoms with Crippen molar-refractivity contribution >= 4 is 21.8 Å². The number of nitrogens with zero attached hydrogens (tertiary/aromatic N) is 1. The Bertz CT molecular complexity index is 749. The molecule has 0 amide bonds. The molecule has 2 aromatic carbocycles. The van der Waals surface area contributed by atoms with Crippen molar-refractivity contribution in [1.29, 1.82) is 0 Å². The number of hydrogen-bond acceptors (Lipinski definition) is 1. The highest BCUT2D eigenvalue weighted by atomic mass is 19.1. The second-order valence-electron chi connectivity index (χ2n) is 3.61. The van der Waals surface area contributed by atoms with Crippen LogP contribution in [0, 0.1) is 10.7 Å². The van der Waals surface area contributed by atoms with E-state index in [0.29, 0.717) is 21.0 Å². The van der Waals surface area contributed by atoms with E-state index in [1.807, 2.05) is 18.2 Å². The molecule has 3 nitrogen and oxygen atoms in total. The Morgan fingerprint density at radius 1 is 1.06 bits per heavy atom. The molecule has 3 rings (SSSR count). The van der Waals surface area contributed by atoms with Crippen molar-refractivity contribution in [2.75, 3.05) is 0 Å². The van der Waals surface area contributed by atoms with Gasteiger partial charge in [0.2, 0.25) is 0 Å². The lowest BCUT2D eigenvalue weighted by Crippen LogP contribution is -2.20. The Kier molecular flexibility index (Phi) is 1.77. The highest BCUT2D eigenvalue weighted by Gasteiger charge is 2.11. The van der Waals surface area contributed by atoms with E-state index in [1.54, 1.807) is 6.07 Å². The summed E-state index contributed by atoms with van der Waals surface area (Å²) in [5.74, 6) is -0.344. The predicted octanol–water partition coefficient (Wildman–Crippen LogP) is 2.37. The summed E-state index contributed by atoms with van der Waals surface area (Å²) in [6.45, 7) is 0. The zero-order valence-electron chi connectivity index (χ0n) is 8.27. The van der Waals surface area contributed by atoms with Crippen LogP contribution in [0.1, 0.15) is 0 Å². The van der Waals surface area contributed by atoms with Crippen LogP contribution in [0.25, 0.3) is 21.8 Å². The summed E-state index contributed by atoms with van der Waals surface area (Å²) in [5.41, 5.74) is 1.12. The Labute approximate surface area is 89.7 Å². The molecule has 0 aliphatic heterocycles. The minimum absolute atomic E-state index is 0.344. The number of benzene rings is 2. The molecular weight excluding hydrogens is 207 g/mol. The molecule has 0 radical (unpaired) electrons. The maximum Gasteiger partial charge on any atom is 0.300 e. The van der Waals surface area contributed by atoms with Gasteiger partial charge in [-0.25, -0.2) is 4.39 Å². The van der Waals surface area contributed by atoms with Crippen LogP contribution in [0.5, 0.6) is 0 Å². The van der Waals surface area contributed by atoms with Crippen LogP contribution in [-0.2, 0) is 0 Å². The molecule has 0 saturated heterocycles. The number of para-hydroxylation sites is 1. The summed E-state index contributed by atoms with van der Waals surface area (Å²) in [6.07, 6.45) is 0. The lowest BCUT2D eigenvalue weighted by molar-refractivity contribution is -0.532. The monoisotopic (exact) mass is 215 g/mol. The van der Waals surface area contributed by atoms with Crippen molar-refractivity contribution in [2.24, 2.45) is 0 Å². The fraction of sp³-hybridized carbons (Fsp3) is 0. The van der Waals surface area contributed by atoms with Gasteiger partial charge in [0.05, 0.1) is 10.3 Å². The second kappa shape index (κ2) is 3.13. The van der Waals surface area contributed by atoms with Gasteiger partial charge < -0.3 is 0 Å². The lowest BCUT2D eigenvalue weighted by atomic mass is 10.1. The quantitative estimate of drug-likeness (QED) is 0.453. The molecule has 16 heavy (non-hydrogen) atoms. The van der Waals surface area contributed by atoms with Gasteiger partial charge in [-0.2, -0.15) is 0 Å².